The predicted octanol–water partition coefficient (Wildman–Crippen LogP) is 1.66. The van der Waals surface area contributed by atoms with Crippen molar-refractivity contribution in [3.05, 3.63) is 41.0 Å². The van der Waals surface area contributed by atoms with E-state index in [0.29, 0.717) is 6.42 Å². The van der Waals surface area contributed by atoms with Crippen LogP contribution in [0.1, 0.15) is 4.88 Å². The van der Waals surface area contributed by atoms with Gasteiger partial charge < -0.3 is 9.52 Å². The van der Waals surface area contributed by atoms with Crippen molar-refractivity contribution in [1.82, 2.24) is 4.31 Å². The molecule has 0 amide bonds. The molecule has 0 saturated carbocycles. The summed E-state index contributed by atoms with van der Waals surface area (Å²) >= 11 is 1.50. The Morgan fingerprint density at radius 2 is 2.20 bits per heavy atom. The molecule has 2 rings (SSSR count). The first-order valence-electron chi connectivity index (χ1n) is 5.76. The molecular formula is C12H13NO5S2. The van der Waals surface area contributed by atoms with Crippen LogP contribution in [0.5, 0.6) is 0 Å². The Hall–Kier alpha value is -1.64. The van der Waals surface area contributed by atoms with Gasteiger partial charge in [-0.05, 0) is 23.9 Å². The first-order valence-corrected chi connectivity index (χ1v) is 8.08. The summed E-state index contributed by atoms with van der Waals surface area (Å²) in [5.41, 5.74) is 0. The van der Waals surface area contributed by atoms with E-state index in [0.717, 1.165) is 15.4 Å². The van der Waals surface area contributed by atoms with Crippen molar-refractivity contribution in [2.75, 3.05) is 13.1 Å². The van der Waals surface area contributed by atoms with Crippen molar-refractivity contribution < 1.29 is 22.7 Å². The summed E-state index contributed by atoms with van der Waals surface area (Å²) < 4.78 is 30.3. The minimum absolute atomic E-state index is 0.0371. The van der Waals surface area contributed by atoms with Gasteiger partial charge in [-0.1, -0.05) is 6.07 Å². The molecule has 0 radical (unpaired) electrons. The van der Waals surface area contributed by atoms with Gasteiger partial charge in [0.2, 0.25) is 10.0 Å². The highest BCUT2D eigenvalue weighted by Gasteiger charge is 2.27. The number of rotatable bonds is 7. The molecule has 0 aliphatic carbocycles. The van der Waals surface area contributed by atoms with Crippen LogP contribution in [0.3, 0.4) is 0 Å². The first-order chi connectivity index (χ1) is 9.50. The van der Waals surface area contributed by atoms with E-state index in [-0.39, 0.29) is 11.4 Å². The quantitative estimate of drug-likeness (QED) is 0.839. The van der Waals surface area contributed by atoms with Crippen molar-refractivity contribution in [3.63, 3.8) is 0 Å². The molecule has 0 unspecified atom stereocenters. The summed E-state index contributed by atoms with van der Waals surface area (Å²) in [5, 5.41) is 10.8. The third kappa shape index (κ3) is 3.47. The maximum atomic E-state index is 12.3. The van der Waals surface area contributed by atoms with E-state index < -0.39 is 22.5 Å². The van der Waals surface area contributed by atoms with E-state index in [1.54, 1.807) is 0 Å². The standard InChI is InChI=1S/C12H13NO5S2/c14-12(15)8-13(5-3-10-2-1-7-19-10)20(16,17)11-4-6-18-9-11/h1-2,4,6-7,9H,3,5,8H2,(H,14,15). The second-order valence-corrected chi connectivity index (χ2v) is 6.99. The molecule has 0 aliphatic heterocycles. The number of thiophene rings is 1. The number of furan rings is 1. The highest BCUT2D eigenvalue weighted by Crippen LogP contribution is 2.17. The molecule has 2 heterocycles. The number of nitrogens with zero attached hydrogens (tertiary/aromatic N) is 1. The molecule has 0 saturated heterocycles. The van der Waals surface area contributed by atoms with Gasteiger partial charge in [0, 0.05) is 11.4 Å². The summed E-state index contributed by atoms with van der Waals surface area (Å²) in [6.07, 6.45) is 2.81. The van der Waals surface area contributed by atoms with Gasteiger partial charge in [-0.3, -0.25) is 4.79 Å². The Morgan fingerprint density at radius 3 is 2.75 bits per heavy atom. The third-order valence-corrected chi connectivity index (χ3v) is 5.39. The lowest BCUT2D eigenvalue weighted by molar-refractivity contribution is -0.137. The van der Waals surface area contributed by atoms with Crippen LogP contribution < -0.4 is 0 Å². The molecule has 108 valence electrons. The van der Waals surface area contributed by atoms with Gasteiger partial charge in [-0.2, -0.15) is 4.31 Å². The Labute approximate surface area is 120 Å². The zero-order valence-electron chi connectivity index (χ0n) is 10.4. The third-order valence-electron chi connectivity index (χ3n) is 2.63. The van der Waals surface area contributed by atoms with Crippen LogP contribution in [0, 0.1) is 0 Å². The minimum atomic E-state index is -3.84. The maximum absolute atomic E-state index is 12.3. The predicted molar refractivity (Wildman–Crippen MR) is 73.1 cm³/mol. The summed E-state index contributed by atoms with van der Waals surface area (Å²) in [4.78, 5) is 11.8. The molecule has 0 spiro atoms. The minimum Gasteiger partial charge on any atom is -0.480 e. The SMILES string of the molecule is O=C(O)CN(CCc1cccs1)S(=O)(=O)c1ccoc1. The van der Waals surface area contributed by atoms with Crippen LogP contribution in [0.4, 0.5) is 0 Å². The van der Waals surface area contributed by atoms with Gasteiger partial charge in [0.15, 0.2) is 0 Å². The number of hydrogen-bond donors (Lipinski definition) is 1. The molecule has 0 atom stereocenters. The van der Waals surface area contributed by atoms with Crippen LogP contribution in [0.2, 0.25) is 0 Å². The fourth-order valence-corrected chi connectivity index (χ4v) is 3.69. The monoisotopic (exact) mass is 315 g/mol. The number of carbonyl (C=O) groups is 1. The van der Waals surface area contributed by atoms with Crippen molar-refractivity contribution >= 4 is 27.3 Å². The first kappa shape index (κ1) is 14.8. The second kappa shape index (κ2) is 6.21. The Kier molecular flexibility index (Phi) is 4.58. The highest BCUT2D eigenvalue weighted by atomic mass is 32.2. The molecule has 0 aromatic carbocycles. The normalized spacial score (nSPS) is 11.8. The van der Waals surface area contributed by atoms with Crippen molar-refractivity contribution in [2.45, 2.75) is 11.3 Å². The van der Waals surface area contributed by atoms with Gasteiger partial charge in [-0.15, -0.1) is 11.3 Å². The molecule has 6 nitrogen and oxygen atoms in total. The lowest BCUT2D eigenvalue weighted by Crippen LogP contribution is -2.37. The van der Waals surface area contributed by atoms with Gasteiger partial charge in [0.05, 0.1) is 6.26 Å². The van der Waals surface area contributed by atoms with Crippen LogP contribution >= 0.6 is 11.3 Å². The van der Waals surface area contributed by atoms with Crippen LogP contribution in [0.15, 0.2) is 45.4 Å². The van der Waals surface area contributed by atoms with Crippen molar-refractivity contribution in [2.24, 2.45) is 0 Å². The van der Waals surface area contributed by atoms with E-state index in [4.69, 9.17) is 9.52 Å². The summed E-state index contributed by atoms with van der Waals surface area (Å²) in [6, 6.07) is 5.05. The summed E-state index contributed by atoms with van der Waals surface area (Å²) in [7, 11) is -3.84. The molecule has 0 bridgehead atoms. The zero-order chi connectivity index (χ0) is 14.6. The molecule has 2 aromatic rings. The average Bonchev–Trinajstić information content (AvgIpc) is 3.06. The lowest BCUT2D eigenvalue weighted by atomic mass is 10.3. The van der Waals surface area contributed by atoms with Crippen molar-refractivity contribution in [3.8, 4) is 0 Å². The highest BCUT2D eigenvalue weighted by molar-refractivity contribution is 7.89. The topological polar surface area (TPSA) is 87.8 Å². The Morgan fingerprint density at radius 1 is 1.40 bits per heavy atom. The van der Waals surface area contributed by atoms with E-state index >= 15 is 0 Å². The fraction of sp³-hybridized carbons (Fsp3) is 0.250. The van der Waals surface area contributed by atoms with Crippen molar-refractivity contribution in [1.29, 1.82) is 0 Å². The van der Waals surface area contributed by atoms with Crippen LogP contribution in [-0.4, -0.2) is 36.9 Å². The van der Waals surface area contributed by atoms with Gasteiger partial charge >= 0.3 is 5.97 Å². The Bertz CT molecular complexity index is 646. The maximum Gasteiger partial charge on any atom is 0.318 e. The number of sulfonamides is 1. The number of carboxylic acid groups (broad SMARTS) is 1. The molecular weight excluding hydrogens is 302 g/mol. The molecule has 0 fully saturated rings. The van der Waals surface area contributed by atoms with Crippen LogP contribution in [0.25, 0.3) is 0 Å². The van der Waals surface area contributed by atoms with Gasteiger partial charge in [-0.25, -0.2) is 8.42 Å². The van der Waals surface area contributed by atoms with E-state index in [2.05, 4.69) is 0 Å². The second-order valence-electron chi connectivity index (χ2n) is 4.02. The van der Waals surface area contributed by atoms with E-state index in [9.17, 15) is 13.2 Å². The van der Waals surface area contributed by atoms with E-state index in [1.165, 1.54) is 23.7 Å². The molecule has 20 heavy (non-hydrogen) atoms. The molecule has 1 N–H and O–H groups in total. The number of aliphatic carboxylic acids is 1. The molecule has 8 heteroatoms. The Balaban J connectivity index is 2.16. The van der Waals surface area contributed by atoms with E-state index in [1.807, 2.05) is 17.5 Å². The van der Waals surface area contributed by atoms with Crippen LogP contribution in [-0.2, 0) is 21.2 Å². The largest absolute Gasteiger partial charge is 0.480 e. The average molecular weight is 315 g/mol. The van der Waals surface area contributed by atoms with Gasteiger partial charge in [0.1, 0.15) is 17.7 Å². The van der Waals surface area contributed by atoms with Gasteiger partial charge in [0.25, 0.3) is 0 Å². The zero-order valence-corrected chi connectivity index (χ0v) is 12.1. The smallest absolute Gasteiger partial charge is 0.318 e. The number of carboxylic acids is 1. The molecule has 0 aliphatic rings. The lowest BCUT2D eigenvalue weighted by Gasteiger charge is -2.18. The fourth-order valence-electron chi connectivity index (χ4n) is 1.67. The summed E-state index contributed by atoms with van der Waals surface area (Å²) in [6.45, 7) is -0.459. The summed E-state index contributed by atoms with van der Waals surface area (Å²) in [5.74, 6) is -1.19. The molecule has 2 aromatic heterocycles. The number of hydrogen-bond acceptors (Lipinski definition) is 5.